The number of allylic oxidation sites excluding steroid dienone is 2. The first-order valence-corrected chi connectivity index (χ1v) is 7.01. The maximum absolute atomic E-state index is 3.74. The van der Waals surface area contributed by atoms with Crippen molar-refractivity contribution in [2.45, 2.75) is 0 Å². The van der Waals surface area contributed by atoms with Gasteiger partial charge in [-0.15, -0.1) is 0 Å². The van der Waals surface area contributed by atoms with Gasteiger partial charge < -0.3 is 0 Å². The number of hydrogen-bond acceptors (Lipinski definition) is 0. The molecule has 0 aromatic heterocycles. The molecule has 87 valence electrons. The van der Waals surface area contributed by atoms with E-state index in [9.17, 15) is 0 Å². The Kier molecular flexibility index (Phi) is 6.18. The highest BCUT2D eigenvalue weighted by atomic mass is 31.1. The summed E-state index contributed by atoms with van der Waals surface area (Å²) in [5.41, 5.74) is 0. The molecule has 2 rings (SSSR count). The molecular formula is C16H15BP. The van der Waals surface area contributed by atoms with Crippen LogP contribution >= 0.6 is 7.92 Å². The van der Waals surface area contributed by atoms with Crippen LogP contribution in [0.4, 0.5) is 0 Å². The molecule has 0 bridgehead atoms. The second-order valence-electron chi connectivity index (χ2n) is 3.62. The Morgan fingerprint density at radius 3 is 1.61 bits per heavy atom. The summed E-state index contributed by atoms with van der Waals surface area (Å²) in [6.45, 7) is 3.74. The summed E-state index contributed by atoms with van der Waals surface area (Å²) < 4.78 is 0. The van der Waals surface area contributed by atoms with Gasteiger partial charge in [-0.3, -0.25) is 0 Å². The minimum atomic E-state index is -0.409. The normalized spacial score (nSPS) is 10.3. The van der Waals surface area contributed by atoms with Crippen LogP contribution in [-0.4, -0.2) is 8.41 Å². The van der Waals surface area contributed by atoms with E-state index in [0.717, 1.165) is 0 Å². The van der Waals surface area contributed by atoms with E-state index in [2.05, 4.69) is 73.1 Å². The molecule has 3 radical (unpaired) electrons. The average Bonchev–Trinajstić information content (AvgIpc) is 2.42. The van der Waals surface area contributed by atoms with Gasteiger partial charge >= 0.3 is 0 Å². The Balaban J connectivity index is 0.00000162. The lowest BCUT2D eigenvalue weighted by atomic mass is 10.4. The fourth-order valence-electron chi connectivity index (χ4n) is 1.65. The summed E-state index contributed by atoms with van der Waals surface area (Å²) in [4.78, 5) is 0. The van der Waals surface area contributed by atoms with Crippen molar-refractivity contribution in [1.82, 2.24) is 0 Å². The zero-order valence-corrected chi connectivity index (χ0v) is 11.1. The van der Waals surface area contributed by atoms with E-state index in [4.69, 9.17) is 0 Å². The van der Waals surface area contributed by atoms with Crippen LogP contribution in [0.5, 0.6) is 0 Å². The van der Waals surface area contributed by atoms with Crippen molar-refractivity contribution >= 4 is 26.9 Å². The highest BCUT2D eigenvalue weighted by Crippen LogP contribution is 2.34. The minimum Gasteiger partial charge on any atom is -0.0991 e. The molecule has 18 heavy (non-hydrogen) atoms. The summed E-state index contributed by atoms with van der Waals surface area (Å²) in [6, 6.07) is 21.2. The molecule has 0 amide bonds. The molecule has 2 heteroatoms. The van der Waals surface area contributed by atoms with E-state index < -0.39 is 7.92 Å². The van der Waals surface area contributed by atoms with Gasteiger partial charge in [0.1, 0.15) is 0 Å². The molecular weight excluding hydrogens is 234 g/mol. The van der Waals surface area contributed by atoms with Crippen LogP contribution < -0.4 is 10.6 Å². The first kappa shape index (κ1) is 14.5. The molecule has 0 N–H and O–H groups in total. The number of benzene rings is 2. The van der Waals surface area contributed by atoms with Crippen LogP contribution in [0.25, 0.3) is 0 Å². The van der Waals surface area contributed by atoms with E-state index in [-0.39, 0.29) is 8.41 Å². The Labute approximate surface area is 112 Å². The molecule has 0 aliphatic carbocycles. The van der Waals surface area contributed by atoms with Gasteiger partial charge in [0.25, 0.3) is 0 Å². The van der Waals surface area contributed by atoms with Crippen LogP contribution in [0, 0.1) is 0 Å². The second-order valence-corrected chi connectivity index (χ2v) is 5.69. The zero-order valence-electron chi connectivity index (χ0n) is 10.2. The first-order chi connectivity index (χ1) is 8.42. The van der Waals surface area contributed by atoms with Gasteiger partial charge in [-0.2, -0.15) is 0 Å². The van der Waals surface area contributed by atoms with Crippen LogP contribution in [-0.2, 0) is 0 Å². The van der Waals surface area contributed by atoms with E-state index in [0.29, 0.717) is 0 Å². The molecule has 0 heterocycles. The van der Waals surface area contributed by atoms with Crippen molar-refractivity contribution in [1.29, 1.82) is 0 Å². The van der Waals surface area contributed by atoms with E-state index >= 15 is 0 Å². The number of rotatable bonds is 4. The summed E-state index contributed by atoms with van der Waals surface area (Å²) >= 11 is 0. The Morgan fingerprint density at radius 1 is 0.778 bits per heavy atom. The molecule has 0 aliphatic rings. The summed E-state index contributed by atoms with van der Waals surface area (Å²) in [5, 5.41) is 2.73. The molecule has 0 aliphatic heterocycles. The molecule has 0 spiro atoms. The second kappa shape index (κ2) is 7.69. The molecule has 0 atom stereocenters. The monoisotopic (exact) mass is 249 g/mol. The molecule has 0 fully saturated rings. The van der Waals surface area contributed by atoms with E-state index in [1.165, 1.54) is 10.6 Å². The minimum absolute atomic E-state index is 0. The fraction of sp³-hybridized carbons (Fsp3) is 0. The predicted octanol–water partition coefficient (Wildman–Crippen LogP) is 3.44. The third kappa shape index (κ3) is 3.72. The number of hydrogen-bond donors (Lipinski definition) is 0. The van der Waals surface area contributed by atoms with Gasteiger partial charge in [0.15, 0.2) is 0 Å². The summed E-state index contributed by atoms with van der Waals surface area (Å²) in [7, 11) is -0.409. The molecule has 0 saturated carbocycles. The predicted molar refractivity (Wildman–Crippen MR) is 84.2 cm³/mol. The van der Waals surface area contributed by atoms with Crippen LogP contribution in [0.2, 0.25) is 0 Å². The van der Waals surface area contributed by atoms with Gasteiger partial charge in [-0.05, 0) is 18.5 Å². The van der Waals surface area contributed by atoms with Gasteiger partial charge in [0.05, 0.1) is 0 Å². The van der Waals surface area contributed by atoms with Crippen molar-refractivity contribution in [3.8, 4) is 0 Å². The lowest BCUT2D eigenvalue weighted by molar-refractivity contribution is 1.75. The molecule has 2 aromatic rings. The lowest BCUT2D eigenvalue weighted by Crippen LogP contribution is -2.09. The highest BCUT2D eigenvalue weighted by Gasteiger charge is 2.08. The Hall–Kier alpha value is -1.59. The largest absolute Gasteiger partial charge is 0.0991 e. The Morgan fingerprint density at radius 2 is 1.22 bits per heavy atom. The van der Waals surface area contributed by atoms with Crippen molar-refractivity contribution in [3.05, 3.63) is 85.2 Å². The topological polar surface area (TPSA) is 0 Å². The van der Waals surface area contributed by atoms with Crippen LogP contribution in [0.3, 0.4) is 0 Å². The maximum Gasteiger partial charge on any atom is 0 e. The average molecular weight is 249 g/mol. The van der Waals surface area contributed by atoms with E-state index in [1.807, 2.05) is 12.2 Å². The standard InChI is InChI=1S/C16H15P.B/c1-2-3-14-17(15-10-6-4-7-11-15)16-12-8-5-9-13-16;/h2-14H,1H2;/b14-3+;. The quantitative estimate of drug-likeness (QED) is 0.442. The highest BCUT2D eigenvalue weighted by molar-refractivity contribution is 7.75. The molecule has 0 nitrogen and oxygen atoms in total. The smallest absolute Gasteiger partial charge is 0 e. The lowest BCUT2D eigenvalue weighted by Gasteiger charge is -2.13. The van der Waals surface area contributed by atoms with Crippen molar-refractivity contribution in [2.24, 2.45) is 0 Å². The summed E-state index contributed by atoms with van der Waals surface area (Å²) in [6.07, 6.45) is 3.87. The van der Waals surface area contributed by atoms with Crippen LogP contribution in [0.15, 0.2) is 85.2 Å². The van der Waals surface area contributed by atoms with Gasteiger partial charge in [-0.1, -0.05) is 85.2 Å². The van der Waals surface area contributed by atoms with E-state index in [1.54, 1.807) is 0 Å². The third-order valence-electron chi connectivity index (χ3n) is 2.44. The molecule has 0 unspecified atom stereocenters. The SMILES string of the molecule is C=C/C=C/P(c1ccccc1)c1ccccc1.[B]. The first-order valence-electron chi connectivity index (χ1n) is 5.60. The maximum atomic E-state index is 3.74. The van der Waals surface area contributed by atoms with Gasteiger partial charge in [-0.25, -0.2) is 0 Å². The van der Waals surface area contributed by atoms with Crippen molar-refractivity contribution in [2.75, 3.05) is 0 Å². The third-order valence-corrected chi connectivity index (χ3v) is 4.62. The van der Waals surface area contributed by atoms with Gasteiger partial charge in [0, 0.05) is 8.41 Å². The Bertz CT molecular complexity index is 452. The summed E-state index contributed by atoms with van der Waals surface area (Å²) in [5.74, 6) is 2.24. The van der Waals surface area contributed by atoms with Crippen LogP contribution in [0.1, 0.15) is 0 Å². The zero-order chi connectivity index (χ0) is 11.9. The van der Waals surface area contributed by atoms with Crippen molar-refractivity contribution < 1.29 is 0 Å². The van der Waals surface area contributed by atoms with Crippen molar-refractivity contribution in [3.63, 3.8) is 0 Å². The molecule has 0 saturated heterocycles. The molecule has 2 aromatic carbocycles. The van der Waals surface area contributed by atoms with Gasteiger partial charge in [0.2, 0.25) is 0 Å². The fourth-order valence-corrected chi connectivity index (χ4v) is 3.57.